The maximum absolute atomic E-state index is 13.1. The number of aromatic nitrogens is 4. The van der Waals surface area contributed by atoms with Crippen molar-refractivity contribution >= 4 is 16.8 Å². The van der Waals surface area contributed by atoms with Crippen molar-refractivity contribution < 1.29 is 9.18 Å². The number of amides is 1. The second-order valence-corrected chi connectivity index (χ2v) is 7.91. The molecule has 0 spiro atoms. The van der Waals surface area contributed by atoms with Crippen LogP contribution < -0.4 is 11.0 Å². The Morgan fingerprint density at radius 3 is 2.84 bits per heavy atom. The molecule has 2 aromatic heterocycles. The summed E-state index contributed by atoms with van der Waals surface area (Å²) in [5, 5.41) is 8.65. The fourth-order valence-corrected chi connectivity index (χ4v) is 4.10. The first-order chi connectivity index (χ1) is 15.1. The van der Waals surface area contributed by atoms with E-state index in [4.69, 9.17) is 0 Å². The molecular formula is C23H22FN5O2. The van der Waals surface area contributed by atoms with Crippen molar-refractivity contribution in [2.75, 3.05) is 0 Å². The number of nitrogens with zero attached hydrogens (tertiary/aromatic N) is 3. The van der Waals surface area contributed by atoms with Gasteiger partial charge in [0.2, 0.25) is 0 Å². The van der Waals surface area contributed by atoms with Crippen molar-refractivity contribution in [2.24, 2.45) is 0 Å². The van der Waals surface area contributed by atoms with Crippen molar-refractivity contribution in [3.8, 4) is 0 Å². The highest BCUT2D eigenvalue weighted by molar-refractivity contribution is 5.98. The smallest absolute Gasteiger partial charge is 0.346 e. The largest absolute Gasteiger partial charge is 0.361 e. The Morgan fingerprint density at radius 1 is 1.16 bits per heavy atom. The molecule has 1 aliphatic heterocycles. The maximum atomic E-state index is 13.1. The number of H-pyrrole nitrogens is 1. The lowest BCUT2D eigenvalue weighted by molar-refractivity contribution is 0.0933. The van der Waals surface area contributed by atoms with Gasteiger partial charge in [0.1, 0.15) is 11.6 Å². The summed E-state index contributed by atoms with van der Waals surface area (Å²) in [6.45, 7) is 0.804. The summed E-state index contributed by atoms with van der Waals surface area (Å²) in [6, 6.07) is 13.6. The highest BCUT2D eigenvalue weighted by Gasteiger charge is 2.22. The van der Waals surface area contributed by atoms with Gasteiger partial charge in [-0.15, -0.1) is 0 Å². The molecular weight excluding hydrogens is 397 g/mol. The molecule has 1 atom stereocenters. The minimum Gasteiger partial charge on any atom is -0.361 e. The normalized spacial score (nSPS) is 16.1. The third kappa shape index (κ3) is 3.88. The van der Waals surface area contributed by atoms with Crippen LogP contribution in [0.3, 0.4) is 0 Å². The number of carbonyl (C=O) groups is 1. The standard InChI is InChI=1S/C23H22FN5O2/c24-18-5-1-15(2-6-18)14-29-23(31)28-12-10-19(7-8-21(28)27-29)26-22(30)17-4-3-16-9-11-25-20(16)13-17/h1-6,9,11,13,19,25H,7-8,10,12,14H2,(H,26,30). The summed E-state index contributed by atoms with van der Waals surface area (Å²) in [5.74, 6) is 0.295. The quantitative estimate of drug-likeness (QED) is 0.534. The maximum Gasteiger partial charge on any atom is 0.346 e. The molecule has 2 aromatic carbocycles. The molecule has 4 aromatic rings. The van der Waals surface area contributed by atoms with Crippen molar-refractivity contribution in [2.45, 2.75) is 38.4 Å². The fraction of sp³-hybridized carbons (Fsp3) is 0.261. The van der Waals surface area contributed by atoms with Crippen LogP contribution in [0.2, 0.25) is 0 Å². The first kappa shape index (κ1) is 19.3. The van der Waals surface area contributed by atoms with Crippen LogP contribution >= 0.6 is 0 Å². The van der Waals surface area contributed by atoms with Gasteiger partial charge in [-0.2, -0.15) is 5.10 Å². The predicted molar refractivity (Wildman–Crippen MR) is 114 cm³/mol. The number of aryl methyl sites for hydroxylation is 1. The zero-order valence-corrected chi connectivity index (χ0v) is 16.8. The number of fused-ring (bicyclic) bond motifs is 2. The lowest BCUT2D eigenvalue weighted by atomic mass is 10.1. The van der Waals surface area contributed by atoms with Crippen LogP contribution in [0.15, 0.2) is 59.5 Å². The fourth-order valence-electron chi connectivity index (χ4n) is 4.10. The van der Waals surface area contributed by atoms with E-state index in [9.17, 15) is 14.0 Å². The average molecular weight is 419 g/mol. The van der Waals surface area contributed by atoms with Gasteiger partial charge in [0, 0.05) is 36.3 Å². The Balaban J connectivity index is 1.26. The summed E-state index contributed by atoms with van der Waals surface area (Å²) in [7, 11) is 0. The van der Waals surface area contributed by atoms with E-state index in [-0.39, 0.29) is 23.5 Å². The number of halogens is 1. The van der Waals surface area contributed by atoms with Crippen LogP contribution in [0.5, 0.6) is 0 Å². The van der Waals surface area contributed by atoms with E-state index in [0.29, 0.717) is 37.9 Å². The van der Waals surface area contributed by atoms with Crippen molar-refractivity contribution in [3.63, 3.8) is 0 Å². The van der Waals surface area contributed by atoms with E-state index in [1.165, 1.54) is 16.8 Å². The summed E-state index contributed by atoms with van der Waals surface area (Å²) < 4.78 is 16.2. The highest BCUT2D eigenvalue weighted by Crippen LogP contribution is 2.16. The van der Waals surface area contributed by atoms with E-state index in [1.54, 1.807) is 16.7 Å². The SMILES string of the molecule is O=C(NC1CCc2nn(Cc3ccc(F)cc3)c(=O)n2CC1)c1ccc2cc[nH]c2c1. The third-order valence-electron chi connectivity index (χ3n) is 5.82. The summed E-state index contributed by atoms with van der Waals surface area (Å²) >= 11 is 0. The predicted octanol–water partition coefficient (Wildman–Crippen LogP) is 2.85. The van der Waals surface area contributed by atoms with Crippen LogP contribution in [0, 0.1) is 5.82 Å². The second kappa shape index (κ2) is 7.86. The zero-order valence-electron chi connectivity index (χ0n) is 16.8. The van der Waals surface area contributed by atoms with Crippen LogP contribution in [0.25, 0.3) is 10.9 Å². The van der Waals surface area contributed by atoms with Gasteiger partial charge in [-0.1, -0.05) is 18.2 Å². The number of hydrogen-bond acceptors (Lipinski definition) is 3. The van der Waals surface area contributed by atoms with Crippen molar-refractivity contribution in [1.82, 2.24) is 24.6 Å². The molecule has 1 aliphatic rings. The molecule has 0 bridgehead atoms. The van der Waals surface area contributed by atoms with Gasteiger partial charge >= 0.3 is 5.69 Å². The molecule has 0 fully saturated rings. The van der Waals surface area contributed by atoms with Crippen LogP contribution in [-0.2, 0) is 19.5 Å². The van der Waals surface area contributed by atoms with Gasteiger partial charge < -0.3 is 10.3 Å². The first-order valence-electron chi connectivity index (χ1n) is 10.4. The minimum atomic E-state index is -0.308. The Bertz CT molecular complexity index is 1300. The molecule has 7 nitrogen and oxygen atoms in total. The molecule has 158 valence electrons. The molecule has 1 amide bonds. The van der Waals surface area contributed by atoms with Gasteiger partial charge in [0.15, 0.2) is 0 Å². The van der Waals surface area contributed by atoms with E-state index >= 15 is 0 Å². The van der Waals surface area contributed by atoms with Gasteiger partial charge in [0.05, 0.1) is 6.54 Å². The lowest BCUT2D eigenvalue weighted by Gasteiger charge is -2.16. The number of rotatable bonds is 4. The Morgan fingerprint density at radius 2 is 2.00 bits per heavy atom. The number of nitrogens with one attached hydrogen (secondary N) is 2. The van der Waals surface area contributed by atoms with Gasteiger partial charge in [-0.25, -0.2) is 13.9 Å². The number of benzene rings is 2. The van der Waals surface area contributed by atoms with Crippen LogP contribution in [0.1, 0.15) is 34.6 Å². The third-order valence-corrected chi connectivity index (χ3v) is 5.82. The summed E-state index contributed by atoms with van der Waals surface area (Å²) in [4.78, 5) is 28.6. The molecule has 0 saturated carbocycles. The Hall–Kier alpha value is -3.68. The molecule has 3 heterocycles. The van der Waals surface area contributed by atoms with Crippen LogP contribution in [-0.4, -0.2) is 31.3 Å². The van der Waals surface area contributed by atoms with Crippen molar-refractivity contribution in [1.29, 1.82) is 0 Å². The number of aromatic amines is 1. The van der Waals surface area contributed by atoms with E-state index in [2.05, 4.69) is 15.4 Å². The topological polar surface area (TPSA) is 84.7 Å². The monoisotopic (exact) mass is 419 g/mol. The minimum absolute atomic E-state index is 0.0292. The van der Waals surface area contributed by atoms with Gasteiger partial charge in [0.25, 0.3) is 5.91 Å². The average Bonchev–Trinajstić information content (AvgIpc) is 3.29. The molecule has 8 heteroatoms. The molecule has 0 saturated heterocycles. The molecule has 5 rings (SSSR count). The van der Waals surface area contributed by atoms with Gasteiger partial charge in [-0.3, -0.25) is 9.36 Å². The van der Waals surface area contributed by atoms with Gasteiger partial charge in [-0.05, 0) is 54.1 Å². The molecule has 0 aliphatic carbocycles. The van der Waals surface area contributed by atoms with E-state index in [1.807, 2.05) is 30.5 Å². The van der Waals surface area contributed by atoms with Crippen molar-refractivity contribution in [3.05, 3.63) is 88.0 Å². The second-order valence-electron chi connectivity index (χ2n) is 7.91. The Kier molecular flexibility index (Phi) is 4.89. The van der Waals surface area contributed by atoms with Crippen LogP contribution in [0.4, 0.5) is 4.39 Å². The summed E-state index contributed by atoms with van der Waals surface area (Å²) in [5.41, 5.74) is 2.18. The lowest BCUT2D eigenvalue weighted by Crippen LogP contribution is -2.35. The summed E-state index contributed by atoms with van der Waals surface area (Å²) in [6.07, 6.45) is 3.82. The Labute approximate surface area is 177 Å². The number of hydrogen-bond donors (Lipinski definition) is 2. The zero-order chi connectivity index (χ0) is 21.4. The molecule has 1 unspecified atom stereocenters. The van der Waals surface area contributed by atoms with E-state index in [0.717, 1.165) is 22.3 Å². The molecule has 2 N–H and O–H groups in total. The molecule has 0 radical (unpaired) electrons. The first-order valence-corrected chi connectivity index (χ1v) is 10.4. The van der Waals surface area contributed by atoms with E-state index < -0.39 is 0 Å². The highest BCUT2D eigenvalue weighted by atomic mass is 19.1. The molecule has 31 heavy (non-hydrogen) atoms. The number of carbonyl (C=O) groups excluding carboxylic acids is 1.